The Bertz CT molecular complexity index is 800. The van der Waals surface area contributed by atoms with Gasteiger partial charge in [0, 0.05) is 21.5 Å². The number of carboxylic acids is 1. The average Bonchev–Trinajstić information content (AvgIpc) is 2.47. The fourth-order valence-electron chi connectivity index (χ4n) is 2.12. The molecule has 3 nitrogen and oxygen atoms in total. The van der Waals surface area contributed by atoms with Crippen LogP contribution in [0.3, 0.4) is 0 Å². The lowest BCUT2D eigenvalue weighted by atomic mass is 10.0. The third-order valence-corrected chi connectivity index (χ3v) is 3.30. The maximum absolute atomic E-state index is 11.3. The van der Waals surface area contributed by atoms with Crippen LogP contribution in [-0.2, 0) is 0 Å². The van der Waals surface area contributed by atoms with E-state index in [0.717, 1.165) is 5.56 Å². The first kappa shape index (κ1) is 12.6. The van der Waals surface area contributed by atoms with E-state index in [0.29, 0.717) is 21.6 Å². The van der Waals surface area contributed by atoms with Crippen molar-refractivity contribution in [1.29, 1.82) is 0 Å². The van der Waals surface area contributed by atoms with Crippen molar-refractivity contribution in [3.05, 3.63) is 65.2 Å². The molecule has 0 aliphatic carbocycles. The third-order valence-electron chi connectivity index (χ3n) is 3.06. The van der Waals surface area contributed by atoms with E-state index in [2.05, 4.69) is 4.98 Å². The molecule has 0 fully saturated rings. The molecule has 0 radical (unpaired) electrons. The highest BCUT2D eigenvalue weighted by molar-refractivity contribution is 6.31. The van der Waals surface area contributed by atoms with Gasteiger partial charge in [0.1, 0.15) is 0 Å². The molecule has 0 aliphatic rings. The lowest BCUT2D eigenvalue weighted by Crippen LogP contribution is -2.22. The lowest BCUT2D eigenvalue weighted by molar-refractivity contribution is -0.254. The lowest BCUT2D eigenvalue weighted by Gasteiger charge is -2.10. The minimum atomic E-state index is -1.24. The van der Waals surface area contributed by atoms with E-state index in [1.807, 2.05) is 30.3 Å². The molecule has 0 aliphatic heterocycles. The number of rotatable bonds is 2. The van der Waals surface area contributed by atoms with Crippen LogP contribution in [0.5, 0.6) is 0 Å². The van der Waals surface area contributed by atoms with E-state index >= 15 is 0 Å². The molecule has 0 bridgehead atoms. The second-order valence-corrected chi connectivity index (χ2v) is 4.81. The standard InChI is InChI=1S/C16H10ClNO2/c17-11-6-7-14-12(8-11)13(16(19)20)9-15(18-14)10-4-2-1-3-5-10/h1-9H,(H,19,20)/p-1. The minimum Gasteiger partial charge on any atom is -0.545 e. The molecule has 1 heterocycles. The number of fused-ring (bicyclic) bond motifs is 1. The van der Waals surface area contributed by atoms with Crippen LogP contribution in [0.25, 0.3) is 22.2 Å². The summed E-state index contributed by atoms with van der Waals surface area (Å²) in [5.74, 6) is -1.24. The Hall–Kier alpha value is -2.39. The zero-order chi connectivity index (χ0) is 14.1. The highest BCUT2D eigenvalue weighted by Crippen LogP contribution is 2.26. The zero-order valence-corrected chi connectivity index (χ0v) is 11.1. The molecule has 20 heavy (non-hydrogen) atoms. The SMILES string of the molecule is O=C([O-])c1cc(-c2ccccc2)nc2ccc(Cl)cc12. The van der Waals surface area contributed by atoms with Crippen molar-refractivity contribution in [2.75, 3.05) is 0 Å². The maximum Gasteiger partial charge on any atom is 0.0722 e. The quantitative estimate of drug-likeness (QED) is 0.726. The van der Waals surface area contributed by atoms with Gasteiger partial charge in [-0.2, -0.15) is 0 Å². The summed E-state index contributed by atoms with van der Waals surface area (Å²) in [5, 5.41) is 12.3. The Kier molecular flexibility index (Phi) is 3.12. The largest absolute Gasteiger partial charge is 0.545 e. The van der Waals surface area contributed by atoms with Gasteiger partial charge in [-0.25, -0.2) is 4.98 Å². The van der Waals surface area contributed by atoms with Crippen LogP contribution < -0.4 is 5.11 Å². The summed E-state index contributed by atoms with van der Waals surface area (Å²) >= 11 is 5.91. The molecule has 3 rings (SSSR count). The molecule has 0 N–H and O–H groups in total. The first-order valence-electron chi connectivity index (χ1n) is 6.02. The number of halogens is 1. The van der Waals surface area contributed by atoms with E-state index < -0.39 is 5.97 Å². The van der Waals surface area contributed by atoms with Crippen LogP contribution in [-0.4, -0.2) is 11.0 Å². The summed E-state index contributed by atoms with van der Waals surface area (Å²) in [5.41, 5.74) is 2.12. The molecular weight excluding hydrogens is 274 g/mol. The Morgan fingerprint density at radius 2 is 1.80 bits per heavy atom. The smallest absolute Gasteiger partial charge is 0.0722 e. The summed E-state index contributed by atoms with van der Waals surface area (Å²) in [4.78, 5) is 15.8. The number of carboxylic acid groups (broad SMARTS) is 1. The van der Waals surface area contributed by atoms with Crippen molar-refractivity contribution >= 4 is 28.5 Å². The molecule has 0 atom stereocenters. The number of hydrogen-bond acceptors (Lipinski definition) is 3. The summed E-state index contributed by atoms with van der Waals surface area (Å²) in [6.07, 6.45) is 0. The van der Waals surface area contributed by atoms with Crippen molar-refractivity contribution in [3.8, 4) is 11.3 Å². The molecule has 0 amide bonds. The molecule has 4 heteroatoms. The van der Waals surface area contributed by atoms with E-state index in [9.17, 15) is 9.90 Å². The van der Waals surface area contributed by atoms with Gasteiger partial charge in [-0.05, 0) is 24.3 Å². The van der Waals surface area contributed by atoms with Crippen LogP contribution in [0.2, 0.25) is 5.02 Å². The van der Waals surface area contributed by atoms with Crippen molar-refractivity contribution in [2.45, 2.75) is 0 Å². The summed E-state index contributed by atoms with van der Waals surface area (Å²) < 4.78 is 0. The molecule has 2 aromatic carbocycles. The van der Waals surface area contributed by atoms with Gasteiger partial charge >= 0.3 is 0 Å². The molecule has 0 spiro atoms. The fraction of sp³-hybridized carbons (Fsp3) is 0. The third kappa shape index (κ3) is 2.24. The fourth-order valence-corrected chi connectivity index (χ4v) is 2.30. The number of pyridine rings is 1. The van der Waals surface area contributed by atoms with Gasteiger partial charge in [-0.1, -0.05) is 41.9 Å². The minimum absolute atomic E-state index is 0.0938. The number of benzene rings is 2. The predicted octanol–water partition coefficient (Wildman–Crippen LogP) is 2.92. The average molecular weight is 283 g/mol. The topological polar surface area (TPSA) is 53.0 Å². The maximum atomic E-state index is 11.3. The van der Waals surface area contributed by atoms with Gasteiger partial charge in [-0.15, -0.1) is 0 Å². The molecule has 0 saturated carbocycles. The van der Waals surface area contributed by atoms with Crippen LogP contribution >= 0.6 is 11.6 Å². The highest BCUT2D eigenvalue weighted by Gasteiger charge is 2.08. The molecule has 1 aromatic heterocycles. The monoisotopic (exact) mass is 282 g/mol. The van der Waals surface area contributed by atoms with E-state index in [4.69, 9.17) is 11.6 Å². The van der Waals surface area contributed by atoms with E-state index in [1.165, 1.54) is 6.07 Å². The van der Waals surface area contributed by atoms with Gasteiger partial charge in [0.25, 0.3) is 0 Å². The number of aromatic nitrogens is 1. The first-order chi connectivity index (χ1) is 9.65. The van der Waals surface area contributed by atoms with Gasteiger partial charge < -0.3 is 9.90 Å². The van der Waals surface area contributed by atoms with Crippen LogP contribution in [0.1, 0.15) is 10.4 Å². The molecule has 0 saturated heterocycles. The predicted molar refractivity (Wildman–Crippen MR) is 76.5 cm³/mol. The second kappa shape index (κ2) is 4.94. The van der Waals surface area contributed by atoms with Crippen LogP contribution in [0.4, 0.5) is 0 Å². The number of carbonyl (C=O) groups excluding carboxylic acids is 1. The van der Waals surface area contributed by atoms with Gasteiger partial charge in [0.15, 0.2) is 0 Å². The Labute approximate surface area is 120 Å². The van der Waals surface area contributed by atoms with Gasteiger partial charge in [0.2, 0.25) is 0 Å². The summed E-state index contributed by atoms with van der Waals surface area (Å²) in [6, 6.07) is 15.9. The van der Waals surface area contributed by atoms with Crippen LogP contribution in [0.15, 0.2) is 54.6 Å². The Morgan fingerprint density at radius 3 is 2.50 bits per heavy atom. The zero-order valence-electron chi connectivity index (χ0n) is 10.3. The second-order valence-electron chi connectivity index (χ2n) is 4.37. The Balaban J connectivity index is 2.32. The van der Waals surface area contributed by atoms with Gasteiger partial charge in [0.05, 0.1) is 17.2 Å². The van der Waals surface area contributed by atoms with Crippen molar-refractivity contribution in [2.24, 2.45) is 0 Å². The summed E-state index contributed by atoms with van der Waals surface area (Å²) in [7, 11) is 0. The molecule has 98 valence electrons. The number of hydrogen-bond donors (Lipinski definition) is 0. The summed E-state index contributed by atoms with van der Waals surface area (Å²) in [6.45, 7) is 0. The first-order valence-corrected chi connectivity index (χ1v) is 6.40. The number of nitrogens with zero attached hydrogens (tertiary/aromatic N) is 1. The van der Waals surface area contributed by atoms with E-state index in [1.54, 1.807) is 18.2 Å². The number of aromatic carboxylic acids is 1. The molecule has 0 unspecified atom stereocenters. The van der Waals surface area contributed by atoms with E-state index in [-0.39, 0.29) is 5.56 Å². The molecular formula is C16H9ClNO2-. The number of carbonyl (C=O) groups is 1. The van der Waals surface area contributed by atoms with Crippen molar-refractivity contribution in [3.63, 3.8) is 0 Å². The van der Waals surface area contributed by atoms with Crippen LogP contribution in [0, 0.1) is 0 Å². The molecule has 3 aromatic rings. The highest BCUT2D eigenvalue weighted by atomic mass is 35.5. The Morgan fingerprint density at radius 1 is 1.05 bits per heavy atom. The van der Waals surface area contributed by atoms with Crippen molar-refractivity contribution < 1.29 is 9.90 Å². The van der Waals surface area contributed by atoms with Crippen molar-refractivity contribution in [1.82, 2.24) is 4.98 Å². The normalized spacial score (nSPS) is 10.7. The van der Waals surface area contributed by atoms with Gasteiger partial charge in [-0.3, -0.25) is 0 Å².